The molecule has 0 aliphatic carbocycles. The van der Waals surface area contributed by atoms with Crippen LogP contribution in [0.4, 0.5) is 8.78 Å². The van der Waals surface area contributed by atoms with Gasteiger partial charge in [-0.2, -0.15) is 8.78 Å². The molecule has 1 N–H and O–H groups in total. The molecule has 1 aliphatic rings. The molecule has 0 aromatic heterocycles. The molecule has 1 saturated heterocycles. The topological polar surface area (TPSA) is 75.7 Å². The number of sulfonamides is 1. The molecule has 1 fully saturated rings. The second kappa shape index (κ2) is 10.7. The Balaban J connectivity index is 1.58. The Morgan fingerprint density at radius 1 is 1.22 bits per heavy atom. The van der Waals surface area contributed by atoms with Crippen LogP contribution >= 0.6 is 0 Å². The van der Waals surface area contributed by atoms with Gasteiger partial charge in [0.2, 0.25) is 15.9 Å². The van der Waals surface area contributed by atoms with Crippen LogP contribution in [-0.2, 0) is 14.8 Å². The number of alkyl halides is 2. The van der Waals surface area contributed by atoms with Crippen LogP contribution < -0.4 is 9.46 Å². The molecule has 3 rings (SSSR count). The van der Waals surface area contributed by atoms with Gasteiger partial charge in [0, 0.05) is 31.3 Å². The molecule has 1 aliphatic heterocycles. The average molecular weight is 465 g/mol. The van der Waals surface area contributed by atoms with E-state index in [0.717, 1.165) is 18.4 Å². The van der Waals surface area contributed by atoms with Crippen LogP contribution in [0.25, 0.3) is 6.08 Å². The molecule has 0 bridgehead atoms. The monoisotopic (exact) mass is 464 g/mol. The lowest BCUT2D eigenvalue weighted by Gasteiger charge is -2.32. The first kappa shape index (κ1) is 23.9. The van der Waals surface area contributed by atoms with E-state index in [1.54, 1.807) is 47.4 Å². The molecule has 1 atom stereocenters. The number of ether oxygens (including phenoxy) is 1. The third kappa shape index (κ3) is 6.61. The Morgan fingerprint density at radius 3 is 2.66 bits per heavy atom. The highest BCUT2D eigenvalue weighted by molar-refractivity contribution is 7.89. The van der Waals surface area contributed by atoms with E-state index in [1.165, 1.54) is 18.2 Å². The van der Waals surface area contributed by atoms with E-state index in [-0.39, 0.29) is 29.0 Å². The number of rotatable bonds is 8. The summed E-state index contributed by atoms with van der Waals surface area (Å²) in [6.07, 6.45) is 4.33. The first-order chi connectivity index (χ1) is 15.2. The van der Waals surface area contributed by atoms with Crippen LogP contribution in [0.1, 0.15) is 24.0 Å². The summed E-state index contributed by atoms with van der Waals surface area (Å²) in [6.45, 7) is 0.131. The highest BCUT2D eigenvalue weighted by Gasteiger charge is 2.24. The van der Waals surface area contributed by atoms with E-state index in [2.05, 4.69) is 9.46 Å². The molecular weight excluding hydrogens is 438 g/mol. The quantitative estimate of drug-likeness (QED) is 0.603. The van der Waals surface area contributed by atoms with Gasteiger partial charge in [-0.25, -0.2) is 13.1 Å². The predicted molar refractivity (Wildman–Crippen MR) is 118 cm³/mol. The molecule has 1 amide bonds. The Bertz CT molecular complexity index is 1060. The number of piperidine rings is 1. The van der Waals surface area contributed by atoms with Gasteiger partial charge in [-0.15, -0.1) is 0 Å². The summed E-state index contributed by atoms with van der Waals surface area (Å²) in [7, 11) is -3.62. The van der Waals surface area contributed by atoms with Crippen molar-refractivity contribution in [2.45, 2.75) is 31.3 Å². The zero-order valence-corrected chi connectivity index (χ0v) is 18.5. The number of halogens is 2. The van der Waals surface area contributed by atoms with Gasteiger partial charge in [-0.05, 0) is 50.0 Å². The molecule has 0 saturated carbocycles. The third-order valence-corrected chi connectivity index (χ3v) is 6.70. The van der Waals surface area contributed by atoms with Gasteiger partial charge in [0.25, 0.3) is 0 Å². The smallest absolute Gasteiger partial charge is 0.387 e. The number of para-hydroxylation sites is 1. The van der Waals surface area contributed by atoms with Gasteiger partial charge in [0.15, 0.2) is 0 Å². The fourth-order valence-electron chi connectivity index (χ4n) is 3.55. The largest absolute Gasteiger partial charge is 0.434 e. The maximum atomic E-state index is 12.6. The maximum absolute atomic E-state index is 12.6. The number of nitrogens with one attached hydrogen (secondary N) is 1. The van der Waals surface area contributed by atoms with Gasteiger partial charge in [0.1, 0.15) is 5.75 Å². The van der Waals surface area contributed by atoms with Gasteiger partial charge in [-0.1, -0.05) is 35.9 Å². The minimum Gasteiger partial charge on any atom is -0.434 e. The van der Waals surface area contributed by atoms with E-state index < -0.39 is 16.6 Å². The predicted octanol–water partition coefficient (Wildman–Crippen LogP) is 3.83. The Morgan fingerprint density at radius 2 is 1.94 bits per heavy atom. The molecular formula is C23H26F2N2O4S. The number of hydrogen-bond acceptors (Lipinski definition) is 4. The summed E-state index contributed by atoms with van der Waals surface area (Å²) < 4.78 is 57.2. The van der Waals surface area contributed by atoms with E-state index in [1.807, 2.05) is 6.92 Å². The summed E-state index contributed by atoms with van der Waals surface area (Å²) in [6, 6.07) is 12.8. The molecule has 6 nitrogen and oxygen atoms in total. The minimum atomic E-state index is -3.62. The van der Waals surface area contributed by atoms with Crippen LogP contribution in [0.2, 0.25) is 0 Å². The highest BCUT2D eigenvalue weighted by Crippen LogP contribution is 2.22. The fourth-order valence-corrected chi connectivity index (χ4v) is 4.66. The molecule has 2 aromatic carbocycles. The lowest BCUT2D eigenvalue weighted by Crippen LogP contribution is -2.43. The summed E-state index contributed by atoms with van der Waals surface area (Å²) in [5.74, 6) is -0.285. The van der Waals surface area contributed by atoms with Gasteiger partial charge in [0.05, 0.1) is 4.90 Å². The van der Waals surface area contributed by atoms with E-state index in [0.29, 0.717) is 18.7 Å². The highest BCUT2D eigenvalue weighted by atomic mass is 32.2. The van der Waals surface area contributed by atoms with Crippen molar-refractivity contribution < 1.29 is 26.7 Å². The summed E-state index contributed by atoms with van der Waals surface area (Å²) in [4.78, 5) is 14.5. The van der Waals surface area contributed by atoms with Crippen molar-refractivity contribution in [2.75, 3.05) is 19.6 Å². The van der Waals surface area contributed by atoms with Crippen molar-refractivity contribution >= 4 is 22.0 Å². The number of aryl methyl sites for hydroxylation is 1. The number of benzene rings is 2. The number of amides is 1. The van der Waals surface area contributed by atoms with Crippen LogP contribution in [0, 0.1) is 12.8 Å². The van der Waals surface area contributed by atoms with Crippen molar-refractivity contribution in [1.29, 1.82) is 0 Å². The summed E-state index contributed by atoms with van der Waals surface area (Å²) >= 11 is 0. The molecule has 1 heterocycles. The third-order valence-electron chi connectivity index (χ3n) is 5.26. The molecule has 2 aromatic rings. The number of carbonyl (C=O) groups excluding carboxylic acids is 1. The summed E-state index contributed by atoms with van der Waals surface area (Å²) in [5.41, 5.74) is 1.35. The Labute approximate surface area is 186 Å². The zero-order valence-electron chi connectivity index (χ0n) is 17.7. The number of carbonyl (C=O) groups is 1. The minimum absolute atomic E-state index is 0.00594. The fraction of sp³-hybridized carbons (Fsp3) is 0.348. The van der Waals surface area contributed by atoms with Crippen molar-refractivity contribution in [1.82, 2.24) is 9.62 Å². The number of nitrogens with zero attached hydrogens (tertiary/aromatic N) is 1. The number of likely N-dealkylation sites (tertiary alicyclic amines) is 1. The standard InChI is InChI=1S/C23H26F2N2O4S/c1-17-8-11-20(12-9-17)32(29,30)26-15-18-5-4-14-27(16-18)22(28)13-10-19-6-2-3-7-21(19)31-23(24)25/h2-3,6-13,18,23,26H,4-5,14-16H2,1H3. The maximum Gasteiger partial charge on any atom is 0.387 e. The van der Waals surface area contributed by atoms with Crippen LogP contribution in [0.5, 0.6) is 5.75 Å². The molecule has 0 radical (unpaired) electrons. The van der Waals surface area contributed by atoms with Crippen molar-refractivity contribution in [2.24, 2.45) is 5.92 Å². The van der Waals surface area contributed by atoms with E-state index >= 15 is 0 Å². The zero-order chi connectivity index (χ0) is 23.1. The SMILES string of the molecule is Cc1ccc(S(=O)(=O)NCC2CCCN(C(=O)C=Cc3ccccc3OC(F)F)C2)cc1. The van der Waals surface area contributed by atoms with Crippen LogP contribution in [0.15, 0.2) is 59.5 Å². The average Bonchev–Trinajstić information content (AvgIpc) is 2.77. The van der Waals surface area contributed by atoms with Crippen molar-refractivity contribution in [3.8, 4) is 5.75 Å². The molecule has 32 heavy (non-hydrogen) atoms. The second-order valence-corrected chi connectivity index (χ2v) is 9.47. The molecule has 0 spiro atoms. The lowest BCUT2D eigenvalue weighted by molar-refractivity contribution is -0.127. The lowest BCUT2D eigenvalue weighted by atomic mass is 9.98. The van der Waals surface area contributed by atoms with Crippen LogP contribution in [0.3, 0.4) is 0 Å². The second-order valence-electron chi connectivity index (χ2n) is 7.71. The van der Waals surface area contributed by atoms with E-state index in [4.69, 9.17) is 0 Å². The van der Waals surface area contributed by atoms with Gasteiger partial charge >= 0.3 is 6.61 Å². The number of hydrogen-bond donors (Lipinski definition) is 1. The van der Waals surface area contributed by atoms with Gasteiger partial charge in [-0.3, -0.25) is 4.79 Å². The van der Waals surface area contributed by atoms with Crippen molar-refractivity contribution in [3.05, 3.63) is 65.7 Å². The molecule has 1 unspecified atom stereocenters. The van der Waals surface area contributed by atoms with Gasteiger partial charge < -0.3 is 9.64 Å². The van der Waals surface area contributed by atoms with Crippen molar-refractivity contribution in [3.63, 3.8) is 0 Å². The Kier molecular flexibility index (Phi) is 7.98. The van der Waals surface area contributed by atoms with Crippen LogP contribution in [-0.4, -0.2) is 45.5 Å². The molecule has 172 valence electrons. The Hall–Kier alpha value is -2.78. The first-order valence-electron chi connectivity index (χ1n) is 10.3. The normalized spacial score (nSPS) is 17.1. The summed E-state index contributed by atoms with van der Waals surface area (Å²) in [5, 5.41) is 0. The molecule has 9 heteroatoms. The van der Waals surface area contributed by atoms with E-state index in [9.17, 15) is 22.0 Å². The first-order valence-corrected chi connectivity index (χ1v) is 11.8.